The Morgan fingerprint density at radius 3 is 2.67 bits per heavy atom. The van der Waals surface area contributed by atoms with E-state index in [0.717, 1.165) is 11.1 Å². The van der Waals surface area contributed by atoms with Gasteiger partial charge in [0.1, 0.15) is 24.2 Å². The number of aryl methyl sites for hydroxylation is 1. The van der Waals surface area contributed by atoms with Crippen molar-refractivity contribution in [3.05, 3.63) is 58.1 Å². The van der Waals surface area contributed by atoms with Crippen LogP contribution in [0.25, 0.3) is 11.0 Å². The predicted octanol–water partition coefficient (Wildman–Crippen LogP) is 2.55. The van der Waals surface area contributed by atoms with E-state index in [2.05, 4.69) is 9.97 Å². The topological polar surface area (TPSA) is 97.5 Å². The van der Waals surface area contributed by atoms with Crippen LogP contribution in [0.4, 0.5) is 0 Å². The first kappa shape index (κ1) is 18.3. The van der Waals surface area contributed by atoms with E-state index in [4.69, 9.17) is 27.9 Å². The summed E-state index contributed by atoms with van der Waals surface area (Å²) < 4.78 is 7.32. The first-order valence-corrected chi connectivity index (χ1v) is 8.93. The van der Waals surface area contributed by atoms with E-state index >= 15 is 0 Å². The molecule has 1 aliphatic rings. The third kappa shape index (κ3) is 3.01. The Hall–Kier alpha value is -2.03. The Labute approximate surface area is 164 Å². The number of aromatic nitrogens is 3. The molecular formula is C18H15Cl2N3O4. The molecule has 1 saturated heterocycles. The zero-order chi connectivity index (χ0) is 19.3. The highest BCUT2D eigenvalue weighted by molar-refractivity contribution is 6.42. The number of benzene rings is 1. The fraction of sp³-hybridized carbons (Fsp3) is 0.278. The average molecular weight is 408 g/mol. The molecule has 2 N–H and O–H groups in total. The fourth-order valence-electron chi connectivity index (χ4n) is 3.22. The summed E-state index contributed by atoms with van der Waals surface area (Å²) in [5.41, 5.74) is 1.55. The molecule has 27 heavy (non-hydrogen) atoms. The number of carbonyl (C=O) groups excluding carboxylic acids is 1. The molecule has 0 unspecified atom stereocenters. The zero-order valence-electron chi connectivity index (χ0n) is 14.1. The Bertz CT molecular complexity index is 1040. The molecule has 2 aromatic heterocycles. The van der Waals surface area contributed by atoms with Gasteiger partial charge < -0.3 is 19.5 Å². The molecule has 0 bridgehead atoms. The van der Waals surface area contributed by atoms with Crippen LogP contribution in [0.2, 0.25) is 10.0 Å². The highest BCUT2D eigenvalue weighted by atomic mass is 35.5. The molecule has 1 fully saturated rings. The standard InChI is InChI=1S/C18H15Cl2N3O4/c1-8-10-4-5-23(17(10)22-7-21-8)18-15(26)14(25)16(27-18)13(24)9-2-3-11(19)12(20)6-9/h2-7,14-16,18,25-26H,1H3/t14-,15+,16+,18+/m0/s1. The summed E-state index contributed by atoms with van der Waals surface area (Å²) in [6.07, 6.45) is -1.85. The summed E-state index contributed by atoms with van der Waals surface area (Å²) in [5, 5.41) is 22.2. The van der Waals surface area contributed by atoms with Crippen LogP contribution in [0.3, 0.4) is 0 Å². The van der Waals surface area contributed by atoms with E-state index in [-0.39, 0.29) is 10.6 Å². The second-order valence-electron chi connectivity index (χ2n) is 6.34. The van der Waals surface area contributed by atoms with Crippen molar-refractivity contribution in [1.82, 2.24) is 14.5 Å². The van der Waals surface area contributed by atoms with Crippen LogP contribution in [0, 0.1) is 6.92 Å². The van der Waals surface area contributed by atoms with Gasteiger partial charge in [0, 0.05) is 17.1 Å². The van der Waals surface area contributed by atoms with E-state index in [1.807, 2.05) is 6.92 Å². The SMILES string of the molecule is Cc1ncnc2c1ccn2[C@@H]1O[C@H](C(=O)c2ccc(Cl)c(Cl)c2)[C@@H](O)[C@H]1O. The van der Waals surface area contributed by atoms with Crippen LogP contribution in [0.15, 0.2) is 36.8 Å². The highest BCUT2D eigenvalue weighted by Crippen LogP contribution is 2.34. The zero-order valence-corrected chi connectivity index (χ0v) is 15.6. The summed E-state index contributed by atoms with van der Waals surface area (Å²) in [5.74, 6) is -0.495. The molecule has 9 heteroatoms. The van der Waals surface area contributed by atoms with Gasteiger partial charge in [0.25, 0.3) is 0 Å². The first-order valence-electron chi connectivity index (χ1n) is 8.17. The Morgan fingerprint density at radius 2 is 1.93 bits per heavy atom. The maximum absolute atomic E-state index is 12.8. The fourth-order valence-corrected chi connectivity index (χ4v) is 3.52. The summed E-state index contributed by atoms with van der Waals surface area (Å²) in [6.45, 7) is 1.84. The molecule has 4 rings (SSSR count). The predicted molar refractivity (Wildman–Crippen MR) is 99.0 cm³/mol. The van der Waals surface area contributed by atoms with Crippen LogP contribution in [0.1, 0.15) is 22.3 Å². The number of ketones is 1. The summed E-state index contributed by atoms with van der Waals surface area (Å²) in [4.78, 5) is 21.1. The van der Waals surface area contributed by atoms with Gasteiger partial charge in [0.2, 0.25) is 0 Å². The number of nitrogens with zero attached hydrogens (tertiary/aromatic N) is 3. The van der Waals surface area contributed by atoms with Gasteiger partial charge in [-0.05, 0) is 31.2 Å². The van der Waals surface area contributed by atoms with Crippen molar-refractivity contribution in [2.24, 2.45) is 0 Å². The molecule has 0 aliphatic carbocycles. The quantitative estimate of drug-likeness (QED) is 0.647. The number of hydrogen-bond donors (Lipinski definition) is 2. The maximum Gasteiger partial charge on any atom is 0.194 e. The number of halogens is 2. The minimum absolute atomic E-state index is 0.218. The van der Waals surface area contributed by atoms with Crippen LogP contribution >= 0.6 is 23.2 Å². The largest absolute Gasteiger partial charge is 0.387 e. The van der Waals surface area contributed by atoms with Crippen molar-refractivity contribution in [1.29, 1.82) is 0 Å². The number of Topliss-reactive ketones (excluding diaryl/α,β-unsaturated/α-hetero) is 1. The number of hydrogen-bond acceptors (Lipinski definition) is 6. The molecule has 0 spiro atoms. The summed E-state index contributed by atoms with van der Waals surface area (Å²) >= 11 is 11.8. The van der Waals surface area contributed by atoms with Crippen molar-refractivity contribution < 1.29 is 19.7 Å². The van der Waals surface area contributed by atoms with Gasteiger partial charge in [-0.25, -0.2) is 9.97 Å². The second-order valence-corrected chi connectivity index (χ2v) is 7.16. The molecule has 4 atom stereocenters. The Morgan fingerprint density at radius 1 is 1.15 bits per heavy atom. The van der Waals surface area contributed by atoms with Crippen LogP contribution in [-0.2, 0) is 4.74 Å². The monoisotopic (exact) mass is 407 g/mol. The third-order valence-electron chi connectivity index (χ3n) is 4.68. The van der Waals surface area contributed by atoms with Gasteiger partial charge in [-0.15, -0.1) is 0 Å². The van der Waals surface area contributed by atoms with Crippen molar-refractivity contribution >= 4 is 40.0 Å². The number of rotatable bonds is 3. The number of fused-ring (bicyclic) bond motifs is 1. The number of carbonyl (C=O) groups is 1. The third-order valence-corrected chi connectivity index (χ3v) is 5.42. The lowest BCUT2D eigenvalue weighted by atomic mass is 10.0. The van der Waals surface area contributed by atoms with Gasteiger partial charge in [-0.1, -0.05) is 23.2 Å². The van der Waals surface area contributed by atoms with E-state index < -0.39 is 30.3 Å². The van der Waals surface area contributed by atoms with Crippen LogP contribution < -0.4 is 0 Å². The number of aliphatic hydroxyl groups is 2. The van der Waals surface area contributed by atoms with Gasteiger partial charge in [-0.2, -0.15) is 0 Å². The number of aliphatic hydroxyl groups excluding tert-OH is 2. The highest BCUT2D eigenvalue weighted by Gasteiger charge is 2.47. The van der Waals surface area contributed by atoms with Crippen molar-refractivity contribution in [2.75, 3.05) is 0 Å². The normalized spacial score (nSPS) is 25.2. The molecule has 0 radical (unpaired) electrons. The lowest BCUT2D eigenvalue weighted by Gasteiger charge is -2.17. The molecule has 3 aromatic rings. The lowest BCUT2D eigenvalue weighted by Crippen LogP contribution is -2.36. The van der Waals surface area contributed by atoms with Crippen molar-refractivity contribution in [2.45, 2.75) is 31.5 Å². The first-order chi connectivity index (χ1) is 12.9. The molecule has 7 nitrogen and oxygen atoms in total. The molecule has 1 aromatic carbocycles. The Balaban J connectivity index is 1.67. The summed E-state index contributed by atoms with van der Waals surface area (Å²) in [7, 11) is 0. The van der Waals surface area contributed by atoms with Crippen LogP contribution in [0.5, 0.6) is 0 Å². The molecule has 3 heterocycles. The van der Waals surface area contributed by atoms with Crippen LogP contribution in [-0.4, -0.2) is 48.8 Å². The molecule has 0 saturated carbocycles. The average Bonchev–Trinajstić information content (AvgIpc) is 3.20. The number of ether oxygens (including phenoxy) is 1. The van der Waals surface area contributed by atoms with Gasteiger partial charge in [0.05, 0.1) is 15.7 Å². The molecular weight excluding hydrogens is 393 g/mol. The summed E-state index contributed by atoms with van der Waals surface area (Å²) in [6, 6.07) is 6.18. The lowest BCUT2D eigenvalue weighted by molar-refractivity contribution is -0.0280. The van der Waals surface area contributed by atoms with E-state index in [0.29, 0.717) is 10.7 Å². The molecule has 1 aliphatic heterocycles. The minimum Gasteiger partial charge on any atom is -0.387 e. The van der Waals surface area contributed by atoms with Gasteiger partial charge in [0.15, 0.2) is 18.1 Å². The van der Waals surface area contributed by atoms with E-state index in [1.165, 1.54) is 24.5 Å². The van der Waals surface area contributed by atoms with Crippen molar-refractivity contribution in [3.63, 3.8) is 0 Å². The molecule has 0 amide bonds. The van der Waals surface area contributed by atoms with Gasteiger partial charge in [-0.3, -0.25) is 4.79 Å². The van der Waals surface area contributed by atoms with E-state index in [1.54, 1.807) is 16.8 Å². The van der Waals surface area contributed by atoms with E-state index in [9.17, 15) is 15.0 Å². The minimum atomic E-state index is -1.41. The smallest absolute Gasteiger partial charge is 0.194 e. The van der Waals surface area contributed by atoms with Crippen molar-refractivity contribution in [3.8, 4) is 0 Å². The second kappa shape index (κ2) is 6.85. The Kier molecular flexibility index (Phi) is 4.65. The maximum atomic E-state index is 12.8. The molecule has 140 valence electrons. The van der Waals surface area contributed by atoms with Gasteiger partial charge >= 0.3 is 0 Å².